The molecule has 2 aromatic carbocycles. The first-order valence-electron chi connectivity index (χ1n) is 10.8. The van der Waals surface area contributed by atoms with Gasteiger partial charge in [0.15, 0.2) is 0 Å². The van der Waals surface area contributed by atoms with Crippen LogP contribution in [0.4, 0.5) is 23.2 Å². The number of halogens is 4. The van der Waals surface area contributed by atoms with E-state index in [1.807, 2.05) is 26.0 Å². The van der Waals surface area contributed by atoms with Gasteiger partial charge < -0.3 is 10.4 Å². The Labute approximate surface area is 199 Å². The monoisotopic (exact) mass is 491 g/mol. The van der Waals surface area contributed by atoms with E-state index in [-0.39, 0.29) is 23.8 Å². The summed E-state index contributed by atoms with van der Waals surface area (Å²) in [5.41, 5.74) is -2.52. The first-order valence-corrected chi connectivity index (χ1v) is 10.8. The molecule has 1 amide bonds. The Bertz CT molecular complexity index is 1310. The summed E-state index contributed by atoms with van der Waals surface area (Å²) < 4.78 is 54.6. The molecule has 3 aromatic rings. The summed E-state index contributed by atoms with van der Waals surface area (Å²) in [6.07, 6.45) is -4.77. The van der Waals surface area contributed by atoms with Crippen LogP contribution in [0.1, 0.15) is 55.1 Å². The van der Waals surface area contributed by atoms with Gasteiger partial charge in [-0.1, -0.05) is 38.1 Å². The largest absolute Gasteiger partial charge is 0.416 e. The fourth-order valence-electron chi connectivity index (χ4n) is 3.55. The van der Waals surface area contributed by atoms with Crippen molar-refractivity contribution in [2.45, 2.75) is 51.9 Å². The third kappa shape index (κ3) is 6.13. The summed E-state index contributed by atoms with van der Waals surface area (Å²) in [5.74, 6) is -2.30. The molecule has 0 unspecified atom stereocenters. The molecule has 0 saturated heterocycles. The van der Waals surface area contributed by atoms with Crippen LogP contribution in [0.15, 0.2) is 53.3 Å². The minimum Gasteiger partial charge on any atom is -0.389 e. The number of benzene rings is 2. The van der Waals surface area contributed by atoms with Crippen LogP contribution in [0.3, 0.4) is 0 Å². The number of nitrogens with one attached hydrogen (secondary N) is 1. The molecule has 6 nitrogen and oxygen atoms in total. The fourth-order valence-corrected chi connectivity index (χ4v) is 3.55. The average Bonchev–Trinajstić information content (AvgIpc) is 2.74. The van der Waals surface area contributed by atoms with Crippen LogP contribution < -0.4 is 10.9 Å². The van der Waals surface area contributed by atoms with Gasteiger partial charge in [0.1, 0.15) is 11.5 Å². The van der Waals surface area contributed by atoms with Crippen molar-refractivity contribution in [1.82, 2.24) is 9.78 Å². The zero-order chi connectivity index (χ0) is 26.1. The molecule has 0 spiro atoms. The number of nitrogens with zero attached hydrogens (tertiary/aromatic N) is 2. The number of amides is 1. The molecular weight excluding hydrogens is 466 g/mol. The van der Waals surface area contributed by atoms with E-state index < -0.39 is 40.2 Å². The highest BCUT2D eigenvalue weighted by Crippen LogP contribution is 2.33. The molecule has 0 aliphatic rings. The number of carbonyl (C=O) groups excluding carboxylic acids is 1. The lowest BCUT2D eigenvalue weighted by atomic mass is 9.94. The van der Waals surface area contributed by atoms with Crippen molar-refractivity contribution in [3.8, 4) is 11.3 Å². The number of hydrogen-bond donors (Lipinski definition) is 2. The van der Waals surface area contributed by atoms with Crippen LogP contribution in [0.25, 0.3) is 11.3 Å². The maximum absolute atomic E-state index is 14.3. The van der Waals surface area contributed by atoms with E-state index in [0.717, 1.165) is 16.3 Å². The Morgan fingerprint density at radius 1 is 1.11 bits per heavy atom. The third-order valence-corrected chi connectivity index (χ3v) is 5.16. The van der Waals surface area contributed by atoms with Gasteiger partial charge in [-0.2, -0.15) is 18.3 Å². The minimum atomic E-state index is -4.77. The van der Waals surface area contributed by atoms with Crippen molar-refractivity contribution in [3.63, 3.8) is 0 Å². The number of hydrogen-bond acceptors (Lipinski definition) is 4. The summed E-state index contributed by atoms with van der Waals surface area (Å²) in [4.78, 5) is 25.6. The Morgan fingerprint density at radius 2 is 1.77 bits per heavy atom. The number of rotatable bonds is 6. The first-order chi connectivity index (χ1) is 16.2. The molecule has 0 aliphatic heterocycles. The van der Waals surface area contributed by atoms with Crippen LogP contribution in [0.2, 0.25) is 0 Å². The highest BCUT2D eigenvalue weighted by Gasteiger charge is 2.32. The van der Waals surface area contributed by atoms with Gasteiger partial charge in [0.05, 0.1) is 29.0 Å². The van der Waals surface area contributed by atoms with Crippen molar-refractivity contribution < 1.29 is 27.5 Å². The molecule has 0 fully saturated rings. The van der Waals surface area contributed by atoms with Gasteiger partial charge in [0, 0.05) is 11.6 Å². The first kappa shape index (κ1) is 26.1. The normalized spacial score (nSPS) is 12.2. The predicted molar refractivity (Wildman–Crippen MR) is 124 cm³/mol. The lowest BCUT2D eigenvalue weighted by Gasteiger charge is -2.21. The maximum atomic E-state index is 14.3. The van der Waals surface area contributed by atoms with Crippen LogP contribution in [-0.2, 0) is 12.7 Å². The van der Waals surface area contributed by atoms with Crippen molar-refractivity contribution in [2.24, 2.45) is 0 Å². The van der Waals surface area contributed by atoms with E-state index in [2.05, 4.69) is 10.4 Å². The van der Waals surface area contributed by atoms with Gasteiger partial charge in [-0.3, -0.25) is 9.59 Å². The van der Waals surface area contributed by atoms with Crippen molar-refractivity contribution in [2.75, 3.05) is 5.32 Å². The number of alkyl halides is 3. The second-order valence-corrected chi connectivity index (χ2v) is 9.10. The van der Waals surface area contributed by atoms with Gasteiger partial charge in [0.2, 0.25) is 0 Å². The molecule has 186 valence electrons. The van der Waals surface area contributed by atoms with E-state index in [1.165, 1.54) is 13.8 Å². The zero-order valence-electron chi connectivity index (χ0n) is 19.6. The molecule has 1 heterocycles. The highest BCUT2D eigenvalue weighted by molar-refractivity contribution is 6.06. The molecule has 3 rings (SSSR count). The minimum absolute atomic E-state index is 0.0205. The number of anilines is 1. The second kappa shape index (κ2) is 9.61. The van der Waals surface area contributed by atoms with Crippen LogP contribution in [0, 0.1) is 5.82 Å². The van der Waals surface area contributed by atoms with E-state index >= 15 is 0 Å². The van der Waals surface area contributed by atoms with Crippen molar-refractivity contribution in [1.29, 1.82) is 0 Å². The standard InChI is InChI=1S/C25H25F4N3O3/c1-14(2)16-7-5-6-8-17(16)22-20(12-21(33)32(31-22)13-24(3,4)35)30-23(34)18-11-15(25(27,28)29)9-10-19(18)26/h5-12,14,35H,13H2,1-4H3,(H,30,34). The van der Waals surface area contributed by atoms with Gasteiger partial charge in [-0.25, -0.2) is 9.07 Å². The van der Waals surface area contributed by atoms with Crippen LogP contribution in [0.5, 0.6) is 0 Å². The molecular formula is C25H25F4N3O3. The van der Waals surface area contributed by atoms with Crippen molar-refractivity contribution >= 4 is 11.6 Å². The zero-order valence-corrected chi connectivity index (χ0v) is 19.6. The Balaban J connectivity index is 2.16. The molecule has 35 heavy (non-hydrogen) atoms. The lowest BCUT2D eigenvalue weighted by Crippen LogP contribution is -2.34. The average molecular weight is 491 g/mol. The van der Waals surface area contributed by atoms with Gasteiger partial charge in [-0.15, -0.1) is 0 Å². The number of carbonyl (C=O) groups is 1. The smallest absolute Gasteiger partial charge is 0.389 e. The summed E-state index contributed by atoms with van der Waals surface area (Å²) in [6.45, 7) is 6.70. The predicted octanol–water partition coefficient (Wildman–Crippen LogP) is 5.21. The summed E-state index contributed by atoms with van der Waals surface area (Å²) >= 11 is 0. The van der Waals surface area contributed by atoms with E-state index in [1.54, 1.807) is 12.1 Å². The highest BCUT2D eigenvalue weighted by atomic mass is 19.4. The summed E-state index contributed by atoms with van der Waals surface area (Å²) in [7, 11) is 0. The molecule has 0 saturated carbocycles. The van der Waals surface area contributed by atoms with Gasteiger partial charge in [-0.05, 0) is 43.5 Å². The number of aliphatic hydroxyl groups is 1. The van der Waals surface area contributed by atoms with Crippen LogP contribution >= 0.6 is 0 Å². The lowest BCUT2D eigenvalue weighted by molar-refractivity contribution is -0.137. The fraction of sp³-hybridized carbons (Fsp3) is 0.320. The van der Waals surface area contributed by atoms with Gasteiger partial charge >= 0.3 is 6.18 Å². The third-order valence-electron chi connectivity index (χ3n) is 5.16. The molecule has 2 N–H and O–H groups in total. The maximum Gasteiger partial charge on any atom is 0.416 e. The molecule has 0 aliphatic carbocycles. The Hall–Kier alpha value is -3.53. The van der Waals surface area contributed by atoms with E-state index in [4.69, 9.17) is 0 Å². The molecule has 0 radical (unpaired) electrons. The van der Waals surface area contributed by atoms with E-state index in [9.17, 15) is 32.3 Å². The molecule has 0 bridgehead atoms. The quantitative estimate of drug-likeness (QED) is 0.464. The topological polar surface area (TPSA) is 84.2 Å². The summed E-state index contributed by atoms with van der Waals surface area (Å²) in [5, 5.41) is 16.9. The SMILES string of the molecule is CC(C)c1ccccc1-c1nn(CC(C)(C)O)c(=O)cc1NC(=O)c1cc(C(F)(F)F)ccc1F. The molecule has 10 heteroatoms. The second-order valence-electron chi connectivity index (χ2n) is 9.10. The van der Waals surface area contributed by atoms with Gasteiger partial charge in [0.25, 0.3) is 11.5 Å². The van der Waals surface area contributed by atoms with E-state index in [0.29, 0.717) is 23.8 Å². The van der Waals surface area contributed by atoms with Crippen molar-refractivity contribution in [3.05, 3.63) is 81.4 Å². The Kier molecular flexibility index (Phi) is 7.16. The molecule has 1 aromatic heterocycles. The summed E-state index contributed by atoms with van der Waals surface area (Å²) in [6, 6.07) is 9.66. The Morgan fingerprint density at radius 3 is 2.37 bits per heavy atom. The number of aromatic nitrogens is 2. The molecule has 0 atom stereocenters. The van der Waals surface area contributed by atoms with Crippen LogP contribution in [-0.4, -0.2) is 26.4 Å².